The average molecular weight is 228 g/mol. The molecular weight excluding hydrogens is 208 g/mol. The van der Waals surface area contributed by atoms with E-state index in [4.69, 9.17) is 4.74 Å². The van der Waals surface area contributed by atoms with Gasteiger partial charge in [-0.25, -0.2) is 4.98 Å². The van der Waals surface area contributed by atoms with Gasteiger partial charge < -0.3 is 10.1 Å². The fourth-order valence-corrected chi connectivity index (χ4v) is 2.15. The van der Waals surface area contributed by atoms with E-state index in [1.54, 1.807) is 18.4 Å². The van der Waals surface area contributed by atoms with Crippen molar-refractivity contribution in [3.8, 4) is 0 Å². The molecule has 0 aromatic carbocycles. The third-order valence-electron chi connectivity index (χ3n) is 2.26. The van der Waals surface area contributed by atoms with E-state index in [1.165, 1.54) is 11.4 Å². The zero-order valence-corrected chi connectivity index (χ0v) is 10.3. The van der Waals surface area contributed by atoms with Crippen molar-refractivity contribution in [2.45, 2.75) is 32.2 Å². The highest BCUT2D eigenvalue weighted by atomic mass is 32.1. The second-order valence-electron chi connectivity index (χ2n) is 3.56. The molecule has 1 aromatic rings. The number of rotatable bonds is 8. The summed E-state index contributed by atoms with van der Waals surface area (Å²) in [6, 6.07) is 0.496. The van der Waals surface area contributed by atoms with Crippen molar-refractivity contribution in [2.75, 3.05) is 20.3 Å². The molecule has 86 valence electrons. The number of methoxy groups -OCH3 is 1. The highest BCUT2D eigenvalue weighted by Gasteiger charge is 2.09. The maximum absolute atomic E-state index is 5.11. The lowest BCUT2D eigenvalue weighted by atomic mass is 10.1. The molecule has 0 fully saturated rings. The first kappa shape index (κ1) is 12.6. The Labute approximate surface area is 95.9 Å². The van der Waals surface area contributed by atoms with Crippen molar-refractivity contribution in [1.82, 2.24) is 10.3 Å². The average Bonchev–Trinajstić information content (AvgIpc) is 2.74. The molecule has 0 saturated heterocycles. The van der Waals surface area contributed by atoms with Gasteiger partial charge in [0.05, 0.1) is 5.01 Å². The molecule has 1 N–H and O–H groups in total. The Morgan fingerprint density at radius 3 is 3.07 bits per heavy atom. The third kappa shape index (κ3) is 5.25. The van der Waals surface area contributed by atoms with Gasteiger partial charge in [-0.15, -0.1) is 11.3 Å². The summed E-state index contributed by atoms with van der Waals surface area (Å²) in [6.45, 7) is 4.07. The van der Waals surface area contributed by atoms with Gasteiger partial charge in [-0.1, -0.05) is 6.92 Å². The monoisotopic (exact) mass is 228 g/mol. The van der Waals surface area contributed by atoms with Gasteiger partial charge in [0, 0.05) is 37.8 Å². The van der Waals surface area contributed by atoms with Crippen molar-refractivity contribution in [2.24, 2.45) is 0 Å². The number of hydrogen-bond donors (Lipinski definition) is 1. The Hall–Kier alpha value is -0.450. The van der Waals surface area contributed by atoms with Crippen molar-refractivity contribution < 1.29 is 4.74 Å². The van der Waals surface area contributed by atoms with Crippen LogP contribution in [0.5, 0.6) is 0 Å². The summed E-state index contributed by atoms with van der Waals surface area (Å²) in [6.07, 6.45) is 5.10. The van der Waals surface area contributed by atoms with E-state index in [1.807, 2.05) is 11.6 Å². The largest absolute Gasteiger partial charge is 0.385 e. The molecule has 1 unspecified atom stereocenters. The van der Waals surface area contributed by atoms with Crippen LogP contribution in [0.2, 0.25) is 0 Å². The van der Waals surface area contributed by atoms with Gasteiger partial charge >= 0.3 is 0 Å². The normalized spacial score (nSPS) is 12.9. The van der Waals surface area contributed by atoms with E-state index in [9.17, 15) is 0 Å². The molecule has 0 bridgehead atoms. The van der Waals surface area contributed by atoms with Gasteiger partial charge in [0.15, 0.2) is 0 Å². The molecule has 0 aliphatic heterocycles. The maximum atomic E-state index is 5.11. The fraction of sp³-hybridized carbons (Fsp3) is 0.727. The lowest BCUT2D eigenvalue weighted by Crippen LogP contribution is -2.32. The zero-order valence-electron chi connectivity index (χ0n) is 9.53. The Kier molecular flexibility index (Phi) is 6.55. The van der Waals surface area contributed by atoms with Gasteiger partial charge in [-0.2, -0.15) is 0 Å². The number of ether oxygens (including phenoxy) is 1. The highest BCUT2D eigenvalue weighted by Crippen LogP contribution is 2.09. The molecular formula is C11H20N2OS. The molecule has 3 nitrogen and oxygen atoms in total. The summed E-state index contributed by atoms with van der Waals surface area (Å²) in [4.78, 5) is 4.31. The van der Waals surface area contributed by atoms with E-state index < -0.39 is 0 Å². The van der Waals surface area contributed by atoms with Crippen LogP contribution in [0.15, 0.2) is 11.6 Å². The van der Waals surface area contributed by atoms with Crippen molar-refractivity contribution in [1.29, 1.82) is 0 Å². The van der Waals surface area contributed by atoms with Crippen LogP contribution in [0, 0.1) is 0 Å². The lowest BCUT2D eigenvalue weighted by Gasteiger charge is -2.16. The molecule has 4 heteroatoms. The maximum Gasteiger partial charge on any atom is 0.0940 e. The van der Waals surface area contributed by atoms with Gasteiger partial charge in [-0.3, -0.25) is 0 Å². The summed E-state index contributed by atoms with van der Waals surface area (Å²) >= 11 is 1.73. The Balaban J connectivity index is 2.33. The minimum Gasteiger partial charge on any atom is -0.385 e. The predicted octanol–water partition coefficient (Wildman–Crippen LogP) is 2.09. The van der Waals surface area contributed by atoms with Crippen LogP contribution in [-0.4, -0.2) is 31.3 Å². The van der Waals surface area contributed by atoms with E-state index in [2.05, 4.69) is 17.2 Å². The van der Waals surface area contributed by atoms with Crippen molar-refractivity contribution >= 4 is 11.3 Å². The van der Waals surface area contributed by atoms with Crippen LogP contribution in [0.25, 0.3) is 0 Å². The van der Waals surface area contributed by atoms with Gasteiger partial charge in [0.2, 0.25) is 0 Å². The molecule has 1 rings (SSSR count). The van der Waals surface area contributed by atoms with Crippen LogP contribution < -0.4 is 5.32 Å². The van der Waals surface area contributed by atoms with Gasteiger partial charge in [-0.05, 0) is 19.4 Å². The van der Waals surface area contributed by atoms with Gasteiger partial charge in [0.25, 0.3) is 0 Å². The molecule has 0 amide bonds. The third-order valence-corrected chi connectivity index (χ3v) is 3.06. The van der Waals surface area contributed by atoms with E-state index in [0.29, 0.717) is 6.04 Å². The standard InChI is InChI=1S/C11H20N2OS/c1-3-5-12-10(4-7-14-2)9-11-13-6-8-15-11/h6,8,10,12H,3-5,7,9H2,1-2H3. The number of thiazole rings is 1. The van der Waals surface area contributed by atoms with Crippen molar-refractivity contribution in [3.63, 3.8) is 0 Å². The van der Waals surface area contributed by atoms with Crippen LogP contribution in [-0.2, 0) is 11.2 Å². The Bertz CT molecular complexity index is 231. The molecule has 1 aromatic heterocycles. The lowest BCUT2D eigenvalue weighted by molar-refractivity contribution is 0.182. The van der Waals surface area contributed by atoms with Crippen molar-refractivity contribution in [3.05, 3.63) is 16.6 Å². The van der Waals surface area contributed by atoms with Crippen LogP contribution in [0.1, 0.15) is 24.8 Å². The number of aromatic nitrogens is 1. The molecule has 0 aliphatic rings. The zero-order chi connectivity index (χ0) is 10.9. The number of nitrogens with zero attached hydrogens (tertiary/aromatic N) is 1. The first-order valence-corrected chi connectivity index (χ1v) is 6.35. The summed E-state index contributed by atoms with van der Waals surface area (Å²) < 4.78 is 5.11. The van der Waals surface area contributed by atoms with Crippen LogP contribution in [0.4, 0.5) is 0 Å². The van der Waals surface area contributed by atoms with E-state index >= 15 is 0 Å². The van der Waals surface area contributed by atoms with E-state index in [-0.39, 0.29) is 0 Å². The molecule has 1 heterocycles. The number of hydrogen-bond acceptors (Lipinski definition) is 4. The van der Waals surface area contributed by atoms with Crippen LogP contribution in [0.3, 0.4) is 0 Å². The topological polar surface area (TPSA) is 34.1 Å². The highest BCUT2D eigenvalue weighted by molar-refractivity contribution is 7.09. The smallest absolute Gasteiger partial charge is 0.0940 e. The molecule has 0 saturated carbocycles. The predicted molar refractivity (Wildman–Crippen MR) is 64.4 cm³/mol. The first-order chi connectivity index (χ1) is 7.36. The van der Waals surface area contributed by atoms with Gasteiger partial charge in [0.1, 0.15) is 0 Å². The molecule has 0 radical (unpaired) electrons. The summed E-state index contributed by atoms with van der Waals surface area (Å²) in [5, 5.41) is 6.77. The fourth-order valence-electron chi connectivity index (χ4n) is 1.45. The minimum atomic E-state index is 0.496. The number of nitrogens with one attached hydrogen (secondary N) is 1. The second-order valence-corrected chi connectivity index (χ2v) is 4.54. The minimum absolute atomic E-state index is 0.496. The molecule has 0 spiro atoms. The van der Waals surface area contributed by atoms with Crippen LogP contribution >= 0.6 is 11.3 Å². The van der Waals surface area contributed by atoms with E-state index in [0.717, 1.165) is 26.0 Å². The Morgan fingerprint density at radius 2 is 2.47 bits per heavy atom. The molecule has 1 atom stereocenters. The Morgan fingerprint density at radius 1 is 1.60 bits per heavy atom. The quantitative estimate of drug-likeness (QED) is 0.740. The SMILES string of the molecule is CCCNC(CCOC)Cc1nccs1. The second kappa shape index (κ2) is 7.79. The summed E-state index contributed by atoms with van der Waals surface area (Å²) in [5.74, 6) is 0. The molecule has 0 aliphatic carbocycles. The molecule has 15 heavy (non-hydrogen) atoms. The first-order valence-electron chi connectivity index (χ1n) is 5.47. The summed E-state index contributed by atoms with van der Waals surface area (Å²) in [5.41, 5.74) is 0. The summed E-state index contributed by atoms with van der Waals surface area (Å²) in [7, 11) is 1.75.